The van der Waals surface area contributed by atoms with Gasteiger partial charge in [0.15, 0.2) is 5.78 Å². The van der Waals surface area contributed by atoms with Crippen LogP contribution in [0.5, 0.6) is 0 Å². The molecule has 0 aromatic carbocycles. The van der Waals surface area contributed by atoms with Crippen LogP contribution in [0.2, 0.25) is 8.67 Å². The first-order valence-electron chi connectivity index (χ1n) is 5.00. The van der Waals surface area contributed by atoms with Gasteiger partial charge in [-0.25, -0.2) is 0 Å². The standard InChI is InChI=1S/C10H13Cl2NO3S/c11-9-5-7(10(12)17-9)8(16)6-13(1-3-14)2-4-15/h5,14-15H,1-4,6H2. The highest BCUT2D eigenvalue weighted by Gasteiger charge is 2.17. The van der Waals surface area contributed by atoms with Crippen molar-refractivity contribution in [3.63, 3.8) is 0 Å². The molecule has 0 radical (unpaired) electrons. The Morgan fingerprint density at radius 2 is 1.88 bits per heavy atom. The predicted octanol–water partition coefficient (Wildman–Crippen LogP) is 1.52. The maximum atomic E-state index is 11.9. The summed E-state index contributed by atoms with van der Waals surface area (Å²) in [7, 11) is 0. The van der Waals surface area contributed by atoms with Gasteiger partial charge in [0.1, 0.15) is 4.34 Å². The van der Waals surface area contributed by atoms with Crippen molar-refractivity contribution in [1.29, 1.82) is 0 Å². The summed E-state index contributed by atoms with van der Waals surface area (Å²) in [6, 6.07) is 1.53. The molecule has 1 heterocycles. The van der Waals surface area contributed by atoms with Gasteiger partial charge in [-0.05, 0) is 6.07 Å². The van der Waals surface area contributed by atoms with E-state index in [2.05, 4.69) is 0 Å². The molecule has 0 aliphatic heterocycles. The fourth-order valence-electron chi connectivity index (χ4n) is 1.37. The van der Waals surface area contributed by atoms with E-state index in [9.17, 15) is 4.79 Å². The van der Waals surface area contributed by atoms with Crippen molar-refractivity contribution in [3.8, 4) is 0 Å². The zero-order valence-corrected chi connectivity index (χ0v) is 11.4. The molecule has 0 aliphatic rings. The molecular weight excluding hydrogens is 285 g/mol. The first kappa shape index (κ1) is 14.9. The lowest BCUT2D eigenvalue weighted by Gasteiger charge is -2.18. The molecular formula is C10H13Cl2NO3S. The van der Waals surface area contributed by atoms with Crippen LogP contribution in [0.25, 0.3) is 0 Å². The first-order valence-corrected chi connectivity index (χ1v) is 6.57. The van der Waals surface area contributed by atoms with Crippen molar-refractivity contribution in [2.24, 2.45) is 0 Å². The number of halogens is 2. The van der Waals surface area contributed by atoms with Crippen LogP contribution in [0.1, 0.15) is 10.4 Å². The van der Waals surface area contributed by atoms with E-state index >= 15 is 0 Å². The minimum absolute atomic E-state index is 0.0641. The molecule has 7 heteroatoms. The maximum absolute atomic E-state index is 11.9. The Balaban J connectivity index is 2.66. The van der Waals surface area contributed by atoms with Crippen LogP contribution in [-0.2, 0) is 0 Å². The number of carbonyl (C=O) groups excluding carboxylic acids is 1. The van der Waals surface area contributed by atoms with Gasteiger partial charge in [-0.2, -0.15) is 0 Å². The lowest BCUT2D eigenvalue weighted by Crippen LogP contribution is -2.34. The van der Waals surface area contributed by atoms with Gasteiger partial charge in [0, 0.05) is 13.1 Å². The molecule has 0 saturated heterocycles. The summed E-state index contributed by atoms with van der Waals surface area (Å²) in [5, 5.41) is 17.7. The molecule has 1 rings (SSSR count). The molecule has 4 nitrogen and oxygen atoms in total. The van der Waals surface area contributed by atoms with Crippen molar-refractivity contribution in [1.82, 2.24) is 4.90 Å². The second-order valence-electron chi connectivity index (χ2n) is 3.38. The van der Waals surface area contributed by atoms with Crippen LogP contribution in [0.15, 0.2) is 6.07 Å². The van der Waals surface area contributed by atoms with Gasteiger partial charge in [-0.3, -0.25) is 9.69 Å². The number of Topliss-reactive ketones (excluding diaryl/α,β-unsaturated/α-hetero) is 1. The van der Waals surface area contributed by atoms with Crippen molar-refractivity contribution in [2.45, 2.75) is 0 Å². The smallest absolute Gasteiger partial charge is 0.179 e. The molecule has 0 bridgehead atoms. The zero-order chi connectivity index (χ0) is 12.8. The van der Waals surface area contributed by atoms with E-state index in [1.54, 1.807) is 4.90 Å². The normalized spacial score (nSPS) is 11.1. The van der Waals surface area contributed by atoms with Crippen LogP contribution >= 0.6 is 34.5 Å². The van der Waals surface area contributed by atoms with E-state index in [4.69, 9.17) is 33.4 Å². The predicted molar refractivity (Wildman–Crippen MR) is 69.3 cm³/mol. The SMILES string of the molecule is O=C(CN(CCO)CCO)c1cc(Cl)sc1Cl. The van der Waals surface area contributed by atoms with Crippen molar-refractivity contribution in [3.05, 3.63) is 20.3 Å². The molecule has 0 fully saturated rings. The van der Waals surface area contributed by atoms with E-state index in [1.807, 2.05) is 0 Å². The second-order valence-corrected chi connectivity index (χ2v) is 5.67. The lowest BCUT2D eigenvalue weighted by atomic mass is 10.2. The van der Waals surface area contributed by atoms with Crippen molar-refractivity contribution >= 4 is 40.3 Å². The quantitative estimate of drug-likeness (QED) is 0.749. The number of rotatable bonds is 7. The summed E-state index contributed by atoms with van der Waals surface area (Å²) < 4.78 is 0.835. The van der Waals surface area contributed by atoms with E-state index in [-0.39, 0.29) is 25.5 Å². The second kappa shape index (κ2) is 7.31. The monoisotopic (exact) mass is 297 g/mol. The molecule has 0 unspecified atom stereocenters. The number of aliphatic hydroxyl groups excluding tert-OH is 2. The highest BCUT2D eigenvalue weighted by molar-refractivity contribution is 7.20. The van der Waals surface area contributed by atoms with Gasteiger partial charge in [-0.15, -0.1) is 11.3 Å². The highest BCUT2D eigenvalue weighted by Crippen LogP contribution is 2.31. The third-order valence-corrected chi connectivity index (χ3v) is 3.64. The van der Waals surface area contributed by atoms with E-state index in [0.717, 1.165) is 11.3 Å². The fraction of sp³-hybridized carbons (Fsp3) is 0.500. The van der Waals surface area contributed by atoms with E-state index in [0.29, 0.717) is 27.3 Å². The Morgan fingerprint density at radius 1 is 1.29 bits per heavy atom. The number of hydrogen-bond donors (Lipinski definition) is 2. The third kappa shape index (κ3) is 4.54. The topological polar surface area (TPSA) is 60.8 Å². The summed E-state index contributed by atoms with van der Waals surface area (Å²) in [6.45, 7) is 0.647. The van der Waals surface area contributed by atoms with Gasteiger partial charge < -0.3 is 10.2 Å². The summed E-state index contributed by atoms with van der Waals surface area (Å²) in [4.78, 5) is 13.6. The highest BCUT2D eigenvalue weighted by atomic mass is 35.5. The average molecular weight is 298 g/mol. The molecule has 2 N–H and O–H groups in total. The molecule has 1 aromatic rings. The minimum atomic E-state index is -0.167. The fourth-order valence-corrected chi connectivity index (χ4v) is 2.87. The van der Waals surface area contributed by atoms with E-state index in [1.165, 1.54) is 6.07 Å². The number of nitrogens with zero attached hydrogens (tertiary/aromatic N) is 1. The van der Waals surface area contributed by atoms with Crippen LogP contribution in [0, 0.1) is 0 Å². The summed E-state index contributed by atoms with van der Waals surface area (Å²) in [6.07, 6.45) is 0. The summed E-state index contributed by atoms with van der Waals surface area (Å²) in [5.74, 6) is -0.167. The molecule has 96 valence electrons. The van der Waals surface area contributed by atoms with Crippen LogP contribution < -0.4 is 0 Å². The van der Waals surface area contributed by atoms with Gasteiger partial charge in [0.2, 0.25) is 0 Å². The number of aliphatic hydroxyl groups is 2. The van der Waals surface area contributed by atoms with Crippen LogP contribution in [-0.4, -0.2) is 53.7 Å². The zero-order valence-electron chi connectivity index (χ0n) is 9.03. The van der Waals surface area contributed by atoms with Crippen LogP contribution in [0.4, 0.5) is 0 Å². The largest absolute Gasteiger partial charge is 0.395 e. The average Bonchev–Trinajstić information content (AvgIpc) is 2.58. The summed E-state index contributed by atoms with van der Waals surface area (Å²) in [5.41, 5.74) is 0.391. The lowest BCUT2D eigenvalue weighted by molar-refractivity contribution is 0.0894. The Bertz CT molecular complexity index is 378. The third-order valence-electron chi connectivity index (χ3n) is 2.16. The molecule has 0 spiro atoms. The Labute approximate surface area is 113 Å². The minimum Gasteiger partial charge on any atom is -0.395 e. The number of ketones is 1. The van der Waals surface area contributed by atoms with Gasteiger partial charge in [0.25, 0.3) is 0 Å². The van der Waals surface area contributed by atoms with Gasteiger partial charge >= 0.3 is 0 Å². The molecule has 1 aromatic heterocycles. The van der Waals surface area contributed by atoms with Gasteiger partial charge in [0.05, 0.1) is 29.7 Å². The van der Waals surface area contributed by atoms with Gasteiger partial charge in [-0.1, -0.05) is 23.2 Å². The summed E-state index contributed by atoms with van der Waals surface area (Å²) >= 11 is 12.8. The molecule has 0 amide bonds. The van der Waals surface area contributed by atoms with Crippen molar-refractivity contribution in [2.75, 3.05) is 32.8 Å². The number of thiophene rings is 1. The van der Waals surface area contributed by atoms with E-state index < -0.39 is 0 Å². The molecule has 0 atom stereocenters. The number of carbonyl (C=O) groups is 1. The molecule has 0 saturated carbocycles. The molecule has 0 aliphatic carbocycles. The first-order chi connectivity index (χ1) is 8.08. The van der Waals surface area contributed by atoms with Crippen LogP contribution in [0.3, 0.4) is 0 Å². The maximum Gasteiger partial charge on any atom is 0.179 e. The number of hydrogen-bond acceptors (Lipinski definition) is 5. The molecule has 17 heavy (non-hydrogen) atoms. The Kier molecular flexibility index (Phi) is 6.40. The Hall–Kier alpha value is -0.170. The Morgan fingerprint density at radius 3 is 2.29 bits per heavy atom. The van der Waals surface area contributed by atoms with Crippen molar-refractivity contribution < 1.29 is 15.0 Å².